The Kier molecular flexibility index (Phi) is 6.64. The lowest BCUT2D eigenvalue weighted by molar-refractivity contribution is -0.137. The van der Waals surface area contributed by atoms with E-state index in [-0.39, 0.29) is 12.3 Å². The van der Waals surface area contributed by atoms with E-state index in [9.17, 15) is 21.6 Å². The fourth-order valence-corrected chi connectivity index (χ4v) is 5.71. The monoisotopic (exact) mass is 446 g/mol. The zero-order valence-electron chi connectivity index (χ0n) is 14.6. The molecule has 0 aliphatic carbocycles. The van der Waals surface area contributed by atoms with Crippen LogP contribution in [0, 0.1) is 0 Å². The van der Waals surface area contributed by atoms with E-state index in [1.807, 2.05) is 24.3 Å². The van der Waals surface area contributed by atoms with Crippen LogP contribution in [0.25, 0.3) is 10.2 Å². The Morgan fingerprint density at radius 3 is 2.46 bits per heavy atom. The Labute approximate surface area is 169 Å². The molecule has 3 rings (SSSR count). The Bertz CT molecular complexity index is 999. The van der Waals surface area contributed by atoms with Gasteiger partial charge in [0.05, 0.1) is 21.5 Å². The van der Waals surface area contributed by atoms with Gasteiger partial charge in [0.1, 0.15) is 0 Å². The largest absolute Gasteiger partial charge is 0.416 e. The van der Waals surface area contributed by atoms with Crippen molar-refractivity contribution in [1.29, 1.82) is 0 Å². The van der Waals surface area contributed by atoms with Crippen LogP contribution < -0.4 is 4.72 Å². The van der Waals surface area contributed by atoms with Gasteiger partial charge in [0.2, 0.25) is 10.0 Å². The number of fused-ring (bicyclic) bond motifs is 1. The van der Waals surface area contributed by atoms with Gasteiger partial charge >= 0.3 is 6.18 Å². The number of alkyl halides is 3. The SMILES string of the molecule is O=S(=O)(CCCSc1nc2ccccc2s1)NCc1ccc(C(F)(F)F)cc1. The fraction of sp³-hybridized carbons (Fsp3) is 0.278. The van der Waals surface area contributed by atoms with Gasteiger partial charge in [0, 0.05) is 12.3 Å². The van der Waals surface area contributed by atoms with Gasteiger partial charge in [-0.1, -0.05) is 36.0 Å². The van der Waals surface area contributed by atoms with Gasteiger partial charge in [-0.3, -0.25) is 0 Å². The molecule has 0 atom stereocenters. The highest BCUT2D eigenvalue weighted by Gasteiger charge is 2.29. The number of aromatic nitrogens is 1. The standard InChI is InChI=1S/C18H17F3N2O2S3/c19-18(20,21)14-8-6-13(7-9-14)12-22-28(24,25)11-3-10-26-17-23-15-4-1-2-5-16(15)27-17/h1-2,4-9,22H,3,10-12H2. The minimum absolute atomic E-state index is 0.0362. The third-order valence-corrected chi connectivity index (χ3v) is 7.51. The molecule has 0 amide bonds. The molecule has 0 radical (unpaired) electrons. The summed E-state index contributed by atoms with van der Waals surface area (Å²) < 4.78 is 66.2. The number of benzene rings is 2. The van der Waals surface area contributed by atoms with E-state index in [0.29, 0.717) is 17.7 Å². The van der Waals surface area contributed by atoms with E-state index >= 15 is 0 Å². The van der Waals surface area contributed by atoms with Crippen molar-refractivity contribution in [3.63, 3.8) is 0 Å². The fourth-order valence-electron chi connectivity index (χ4n) is 2.40. The Balaban J connectivity index is 1.43. The predicted octanol–water partition coefficient (Wildman–Crippen LogP) is 4.92. The predicted molar refractivity (Wildman–Crippen MR) is 107 cm³/mol. The average Bonchev–Trinajstić information content (AvgIpc) is 3.06. The van der Waals surface area contributed by atoms with Crippen LogP contribution in [0.2, 0.25) is 0 Å². The van der Waals surface area contributed by atoms with Crippen LogP contribution in [0.4, 0.5) is 13.2 Å². The van der Waals surface area contributed by atoms with Crippen molar-refractivity contribution in [2.45, 2.75) is 23.5 Å². The van der Waals surface area contributed by atoms with Crippen LogP contribution in [0.15, 0.2) is 52.9 Å². The molecule has 10 heteroatoms. The third-order valence-electron chi connectivity index (χ3n) is 3.83. The van der Waals surface area contributed by atoms with Gasteiger partial charge in [-0.05, 0) is 36.2 Å². The molecular formula is C18H17F3N2O2S3. The Hall–Kier alpha value is -1.62. The molecular weight excluding hydrogens is 429 g/mol. The summed E-state index contributed by atoms with van der Waals surface area (Å²) in [5.74, 6) is 0.562. The van der Waals surface area contributed by atoms with Crippen molar-refractivity contribution >= 4 is 43.3 Å². The van der Waals surface area contributed by atoms with E-state index < -0.39 is 21.8 Å². The minimum atomic E-state index is -4.40. The lowest BCUT2D eigenvalue weighted by Gasteiger charge is -2.09. The average molecular weight is 447 g/mol. The molecule has 28 heavy (non-hydrogen) atoms. The van der Waals surface area contributed by atoms with E-state index in [4.69, 9.17) is 0 Å². The number of halogens is 3. The summed E-state index contributed by atoms with van der Waals surface area (Å²) in [5.41, 5.74) is 0.646. The minimum Gasteiger partial charge on any atom is -0.230 e. The normalized spacial score (nSPS) is 12.5. The highest BCUT2D eigenvalue weighted by atomic mass is 32.2. The molecule has 0 aliphatic rings. The molecule has 0 aliphatic heterocycles. The third kappa shape index (κ3) is 5.94. The molecule has 2 aromatic carbocycles. The van der Waals surface area contributed by atoms with Crippen LogP contribution in [0.3, 0.4) is 0 Å². The van der Waals surface area contributed by atoms with E-state index in [1.54, 1.807) is 11.3 Å². The summed E-state index contributed by atoms with van der Waals surface area (Å²) in [7, 11) is -3.50. The summed E-state index contributed by atoms with van der Waals surface area (Å²) >= 11 is 3.09. The van der Waals surface area contributed by atoms with Crippen molar-refractivity contribution < 1.29 is 21.6 Å². The number of nitrogens with one attached hydrogen (secondary N) is 1. The Morgan fingerprint density at radius 1 is 1.07 bits per heavy atom. The molecule has 1 N–H and O–H groups in total. The van der Waals surface area contributed by atoms with E-state index in [2.05, 4.69) is 9.71 Å². The second-order valence-electron chi connectivity index (χ2n) is 5.98. The number of hydrogen-bond acceptors (Lipinski definition) is 5. The van der Waals surface area contributed by atoms with Crippen LogP contribution in [-0.2, 0) is 22.7 Å². The topological polar surface area (TPSA) is 59.1 Å². The quantitative estimate of drug-likeness (QED) is 0.394. The summed E-state index contributed by atoms with van der Waals surface area (Å²) in [6.45, 7) is -0.0362. The van der Waals surface area contributed by atoms with Gasteiger partial charge in [-0.15, -0.1) is 11.3 Å². The molecule has 0 saturated heterocycles. The van der Waals surface area contributed by atoms with Gasteiger partial charge < -0.3 is 0 Å². The van der Waals surface area contributed by atoms with Crippen LogP contribution >= 0.6 is 23.1 Å². The number of thiazole rings is 1. The molecule has 1 heterocycles. The first kappa shape index (κ1) is 21.1. The zero-order chi connectivity index (χ0) is 20.2. The molecule has 1 aromatic heterocycles. The van der Waals surface area contributed by atoms with Crippen molar-refractivity contribution in [3.05, 3.63) is 59.7 Å². The van der Waals surface area contributed by atoms with Gasteiger partial charge in [-0.2, -0.15) is 13.2 Å². The molecule has 3 aromatic rings. The van der Waals surface area contributed by atoms with Crippen molar-refractivity contribution in [1.82, 2.24) is 9.71 Å². The van der Waals surface area contributed by atoms with Crippen LogP contribution in [0.1, 0.15) is 17.5 Å². The molecule has 0 fully saturated rings. The summed E-state index contributed by atoms with van der Waals surface area (Å²) in [6, 6.07) is 12.2. The van der Waals surface area contributed by atoms with Crippen molar-refractivity contribution in [2.24, 2.45) is 0 Å². The first-order valence-electron chi connectivity index (χ1n) is 8.35. The van der Waals surface area contributed by atoms with Gasteiger partial charge in [0.25, 0.3) is 0 Å². The first-order valence-corrected chi connectivity index (χ1v) is 11.8. The highest BCUT2D eigenvalue weighted by molar-refractivity contribution is 8.01. The maximum Gasteiger partial charge on any atom is 0.416 e. The second kappa shape index (κ2) is 8.81. The maximum atomic E-state index is 12.5. The molecule has 0 spiro atoms. The van der Waals surface area contributed by atoms with E-state index in [1.165, 1.54) is 23.9 Å². The number of nitrogens with zero attached hydrogens (tertiary/aromatic N) is 1. The maximum absolute atomic E-state index is 12.5. The van der Waals surface area contributed by atoms with Crippen molar-refractivity contribution in [3.8, 4) is 0 Å². The smallest absolute Gasteiger partial charge is 0.230 e. The lowest BCUT2D eigenvalue weighted by Crippen LogP contribution is -2.26. The number of rotatable bonds is 8. The van der Waals surface area contributed by atoms with E-state index in [0.717, 1.165) is 26.7 Å². The first-order chi connectivity index (χ1) is 13.2. The number of hydrogen-bond donors (Lipinski definition) is 1. The highest BCUT2D eigenvalue weighted by Crippen LogP contribution is 2.30. The number of sulfonamides is 1. The molecule has 0 unspecified atom stereocenters. The Morgan fingerprint density at radius 2 is 1.79 bits per heavy atom. The van der Waals surface area contributed by atoms with Crippen LogP contribution in [0.5, 0.6) is 0 Å². The molecule has 150 valence electrons. The zero-order valence-corrected chi connectivity index (χ0v) is 17.0. The number of thioether (sulfide) groups is 1. The van der Waals surface area contributed by atoms with Gasteiger partial charge in [0.15, 0.2) is 4.34 Å². The summed E-state index contributed by atoms with van der Waals surface area (Å²) in [4.78, 5) is 4.48. The molecule has 4 nitrogen and oxygen atoms in total. The second-order valence-corrected chi connectivity index (χ2v) is 10.3. The number of para-hydroxylation sites is 1. The summed E-state index contributed by atoms with van der Waals surface area (Å²) in [5, 5.41) is 0. The molecule has 0 saturated carbocycles. The van der Waals surface area contributed by atoms with Crippen molar-refractivity contribution in [2.75, 3.05) is 11.5 Å². The summed E-state index contributed by atoms with van der Waals surface area (Å²) in [6.07, 6.45) is -3.96. The molecule has 0 bridgehead atoms. The van der Waals surface area contributed by atoms with Gasteiger partial charge in [-0.25, -0.2) is 18.1 Å². The van der Waals surface area contributed by atoms with Crippen LogP contribution in [-0.4, -0.2) is 24.9 Å². The lowest BCUT2D eigenvalue weighted by atomic mass is 10.1.